The Morgan fingerprint density at radius 2 is 1.68 bits per heavy atom. The molecule has 59 heavy (non-hydrogen) atoms. The number of halogens is 1. The average molecular weight is 801 g/mol. The van der Waals surface area contributed by atoms with Gasteiger partial charge in [-0.05, 0) is 123 Å². The Balaban J connectivity index is 0.710. The number of rotatable bonds is 8. The molecule has 4 fully saturated rings. The highest BCUT2D eigenvalue weighted by Crippen LogP contribution is 2.49. The normalized spacial score (nSPS) is 26.3. The quantitative estimate of drug-likeness (QED) is 0.277. The number of anilines is 2. The number of imide groups is 1. The molecular weight excluding hydrogens is 744 g/mol. The highest BCUT2D eigenvalue weighted by Gasteiger charge is 2.46. The van der Waals surface area contributed by atoms with Gasteiger partial charge < -0.3 is 19.6 Å². The van der Waals surface area contributed by atoms with Gasteiger partial charge in [-0.15, -0.1) is 0 Å². The van der Waals surface area contributed by atoms with Crippen molar-refractivity contribution in [2.75, 3.05) is 62.2 Å². The number of aromatic nitrogens is 2. The summed E-state index contributed by atoms with van der Waals surface area (Å²) in [5.74, 6) is 0.866. The zero-order valence-electron chi connectivity index (χ0n) is 34.8. The third kappa shape index (κ3) is 7.23. The molecule has 1 aromatic heterocycles. The first-order valence-corrected chi connectivity index (χ1v) is 22.0. The maximum Gasteiger partial charge on any atom is 0.255 e. The average Bonchev–Trinajstić information content (AvgIpc) is 3.74. The minimum atomic E-state index is -1.32. The number of likely N-dealkylation sites (tertiary alicyclic amines) is 1. The van der Waals surface area contributed by atoms with E-state index in [-0.39, 0.29) is 36.2 Å². The molecule has 3 amide bonds. The third-order valence-electron chi connectivity index (χ3n) is 14.6. The van der Waals surface area contributed by atoms with Crippen molar-refractivity contribution in [2.45, 2.75) is 102 Å². The van der Waals surface area contributed by atoms with Crippen LogP contribution in [0.25, 0.3) is 5.57 Å². The number of hydrogen-bond donors (Lipinski definition) is 1. The Kier molecular flexibility index (Phi) is 9.66. The van der Waals surface area contributed by atoms with E-state index in [2.05, 4.69) is 68.2 Å². The zero-order valence-corrected chi connectivity index (χ0v) is 34.8. The fourth-order valence-electron chi connectivity index (χ4n) is 11.5. The second-order valence-corrected chi connectivity index (χ2v) is 19.3. The van der Waals surface area contributed by atoms with E-state index in [1.54, 1.807) is 18.7 Å². The second-order valence-electron chi connectivity index (χ2n) is 19.3. The Labute approximate surface area is 347 Å². The van der Waals surface area contributed by atoms with Gasteiger partial charge in [0.05, 0.1) is 24.1 Å². The summed E-state index contributed by atoms with van der Waals surface area (Å²) < 4.78 is 15.2. The molecule has 7 heterocycles. The molecule has 310 valence electrons. The van der Waals surface area contributed by atoms with Gasteiger partial charge in [0.15, 0.2) is 0 Å². The minimum absolute atomic E-state index is 0.0820. The highest BCUT2D eigenvalue weighted by molar-refractivity contribution is 6.05. The van der Waals surface area contributed by atoms with Gasteiger partial charge in [0, 0.05) is 82.6 Å². The van der Waals surface area contributed by atoms with Crippen LogP contribution in [0.1, 0.15) is 105 Å². The van der Waals surface area contributed by atoms with Gasteiger partial charge in [-0.2, -0.15) is 0 Å². The molecule has 1 unspecified atom stereocenters. The number of carbonyl (C=O) groups is 3. The molecule has 11 nitrogen and oxygen atoms in total. The molecule has 1 N–H and O–H groups in total. The Morgan fingerprint density at radius 3 is 2.41 bits per heavy atom. The summed E-state index contributed by atoms with van der Waals surface area (Å²) in [4.78, 5) is 58.9. The lowest BCUT2D eigenvalue weighted by Crippen LogP contribution is -2.61. The molecule has 1 aliphatic carbocycles. The predicted octanol–water partition coefficient (Wildman–Crippen LogP) is 5.95. The van der Waals surface area contributed by atoms with Crippen molar-refractivity contribution in [3.05, 3.63) is 88.4 Å². The van der Waals surface area contributed by atoms with Crippen molar-refractivity contribution < 1.29 is 18.8 Å². The van der Waals surface area contributed by atoms with Gasteiger partial charge in [0.25, 0.3) is 5.91 Å². The third-order valence-corrected chi connectivity index (χ3v) is 14.6. The van der Waals surface area contributed by atoms with Crippen LogP contribution in [0.5, 0.6) is 0 Å². The van der Waals surface area contributed by atoms with Crippen LogP contribution in [0.15, 0.2) is 60.4 Å². The van der Waals surface area contributed by atoms with E-state index in [1.165, 1.54) is 48.2 Å². The maximum absolute atomic E-state index is 15.2. The van der Waals surface area contributed by atoms with Crippen LogP contribution in [0.2, 0.25) is 0 Å². The molecule has 3 atom stereocenters. The number of fused-ring (bicyclic) bond motifs is 3. The molecular formula is C47H57FN8O3. The van der Waals surface area contributed by atoms with Crippen LogP contribution in [0.4, 0.5) is 15.9 Å². The van der Waals surface area contributed by atoms with Crippen molar-refractivity contribution in [3.8, 4) is 0 Å². The van der Waals surface area contributed by atoms with E-state index in [9.17, 15) is 14.4 Å². The molecule has 0 bridgehead atoms. The first-order chi connectivity index (χ1) is 28.4. The largest absolute Gasteiger partial charge is 0.372 e. The van der Waals surface area contributed by atoms with Gasteiger partial charge >= 0.3 is 0 Å². The lowest BCUT2D eigenvalue weighted by molar-refractivity contribution is -0.136. The molecule has 0 radical (unpaired) electrons. The van der Waals surface area contributed by atoms with Crippen LogP contribution < -0.4 is 15.1 Å². The molecule has 0 saturated carbocycles. The number of benzene rings is 2. The SMILES string of the molecule is C[C@@H]1CC2=C(Cc3ccccc32)[C@@H](c2cnc(N3CCC4(CC3)CN(CC3CCN(c5ccc6c(c5)CN(C5CCC(=O)NC5=O)C6=O)CC3)C4)cn2)N1CC(C)(C)F. The van der Waals surface area contributed by atoms with E-state index in [0.29, 0.717) is 36.4 Å². The fourth-order valence-corrected chi connectivity index (χ4v) is 11.5. The maximum atomic E-state index is 15.2. The Bertz CT molecular complexity index is 2180. The molecule has 4 saturated heterocycles. The molecule has 1 spiro atoms. The molecule has 6 aliphatic heterocycles. The summed E-state index contributed by atoms with van der Waals surface area (Å²) in [7, 11) is 0. The summed E-state index contributed by atoms with van der Waals surface area (Å²) in [6.45, 7) is 13.8. The van der Waals surface area contributed by atoms with E-state index >= 15 is 4.39 Å². The number of hydrogen-bond acceptors (Lipinski definition) is 9. The lowest BCUT2D eigenvalue weighted by Gasteiger charge is -2.55. The van der Waals surface area contributed by atoms with Crippen molar-refractivity contribution in [1.29, 1.82) is 0 Å². The van der Waals surface area contributed by atoms with Crippen LogP contribution in [-0.4, -0.2) is 112 Å². The van der Waals surface area contributed by atoms with Gasteiger partial charge in [-0.3, -0.25) is 29.6 Å². The van der Waals surface area contributed by atoms with Gasteiger partial charge in [0.2, 0.25) is 11.8 Å². The number of piperidine rings is 3. The topological polar surface area (TPSA) is 105 Å². The monoisotopic (exact) mass is 800 g/mol. The van der Waals surface area contributed by atoms with Crippen LogP contribution in [0, 0.1) is 11.3 Å². The van der Waals surface area contributed by atoms with E-state index < -0.39 is 11.7 Å². The number of alkyl halides is 1. The number of nitrogens with zero attached hydrogens (tertiary/aromatic N) is 7. The van der Waals surface area contributed by atoms with Crippen molar-refractivity contribution in [2.24, 2.45) is 11.3 Å². The van der Waals surface area contributed by atoms with Crippen LogP contribution >= 0.6 is 0 Å². The van der Waals surface area contributed by atoms with E-state index in [0.717, 1.165) is 81.2 Å². The number of amides is 3. The van der Waals surface area contributed by atoms with Crippen molar-refractivity contribution in [3.63, 3.8) is 0 Å². The first-order valence-electron chi connectivity index (χ1n) is 22.0. The van der Waals surface area contributed by atoms with Crippen molar-refractivity contribution in [1.82, 2.24) is 30.0 Å². The zero-order chi connectivity index (χ0) is 40.6. The van der Waals surface area contributed by atoms with E-state index in [4.69, 9.17) is 9.97 Å². The summed E-state index contributed by atoms with van der Waals surface area (Å²) in [5.41, 5.74) is 8.25. The molecule has 7 aliphatic rings. The van der Waals surface area contributed by atoms with Gasteiger partial charge in [0.1, 0.15) is 17.5 Å². The Morgan fingerprint density at radius 1 is 0.898 bits per heavy atom. The van der Waals surface area contributed by atoms with Crippen LogP contribution in [-0.2, 0) is 22.6 Å². The standard InChI is InChI=1S/C47H57FN8O3/c1-30-20-37-35-7-5-4-6-32(35)22-38(37)43(56(30)27-46(2,3)48)39-23-50-41(24-49-39)54-18-14-47(15-19-54)28-52(29-47)25-31-12-16-53(17-13-31)34-8-9-36-33(21-34)26-55(45(36)59)40-10-11-42(57)51-44(40)58/h4-9,21,23-24,30-31,40,43H,10-20,22,25-29H2,1-3H3,(H,51,57,58)/t30-,40?,43+/m1/s1. The summed E-state index contributed by atoms with van der Waals surface area (Å²) in [6, 6.07) is 14.3. The summed E-state index contributed by atoms with van der Waals surface area (Å²) in [6.07, 6.45) is 11.0. The predicted molar refractivity (Wildman–Crippen MR) is 226 cm³/mol. The number of carbonyl (C=O) groups excluding carboxylic acids is 3. The highest BCUT2D eigenvalue weighted by atomic mass is 19.1. The smallest absolute Gasteiger partial charge is 0.255 e. The van der Waals surface area contributed by atoms with Gasteiger partial charge in [-0.1, -0.05) is 24.3 Å². The first kappa shape index (κ1) is 38.5. The van der Waals surface area contributed by atoms with Crippen LogP contribution in [0.3, 0.4) is 0 Å². The molecule has 3 aromatic rings. The lowest BCUT2D eigenvalue weighted by atomic mass is 9.71. The van der Waals surface area contributed by atoms with Crippen molar-refractivity contribution >= 4 is 34.8 Å². The second kappa shape index (κ2) is 14.8. The molecule has 12 heteroatoms. The Hall–Kier alpha value is -4.68. The molecule has 10 rings (SSSR count). The number of nitrogens with one attached hydrogen (secondary N) is 1. The van der Waals surface area contributed by atoms with Gasteiger partial charge in [-0.25, -0.2) is 9.37 Å². The summed E-state index contributed by atoms with van der Waals surface area (Å²) >= 11 is 0. The van der Waals surface area contributed by atoms with E-state index in [1.807, 2.05) is 18.5 Å². The summed E-state index contributed by atoms with van der Waals surface area (Å²) in [5, 5.41) is 2.39. The fraction of sp³-hybridized carbons (Fsp3) is 0.553. The molecule has 2 aromatic carbocycles. The minimum Gasteiger partial charge on any atom is -0.372 e.